The Kier molecular flexibility index (Phi) is 1.13. The second kappa shape index (κ2) is 2.24. The van der Waals surface area contributed by atoms with Crippen LogP contribution in [0.15, 0.2) is 0 Å². The monoisotopic (exact) mass is 272 g/mol. The van der Waals surface area contributed by atoms with E-state index in [-0.39, 0.29) is 36.0 Å². The molecule has 8 bridgehead atoms. The van der Waals surface area contributed by atoms with E-state index in [0.717, 1.165) is 0 Å². The third-order valence-corrected chi connectivity index (χ3v) is 8.59. The molecule has 0 radical (unpaired) electrons. The molecule has 2 aliphatic heterocycles. The molecule has 0 spiro atoms. The molecule has 0 aromatic heterocycles. The molecule has 0 amide bonds. The minimum Gasteiger partial charge on any atom is -0.369 e. The zero-order chi connectivity index (χ0) is 13.3. The number of carbonyl (C=O) groups is 2. The molecule has 0 N–H and O–H groups in total. The van der Waals surface area contributed by atoms with Crippen LogP contribution in [0.2, 0.25) is 0 Å². The van der Waals surface area contributed by atoms with Crippen molar-refractivity contribution in [2.45, 2.75) is 38.3 Å². The van der Waals surface area contributed by atoms with Crippen LogP contribution in [-0.4, -0.2) is 36.0 Å². The lowest BCUT2D eigenvalue weighted by molar-refractivity contribution is -0.158. The Balaban J connectivity index is 1.64. The quantitative estimate of drug-likeness (QED) is 0.684. The highest BCUT2D eigenvalue weighted by molar-refractivity contribution is 5.99. The van der Waals surface area contributed by atoms with Gasteiger partial charge in [0.15, 0.2) is 0 Å². The number of hydrogen-bond acceptors (Lipinski definition) is 4. The predicted octanol–water partition coefficient (Wildman–Crippen LogP) is 0.437. The first-order chi connectivity index (χ1) is 9.59. The Morgan fingerprint density at radius 1 is 0.700 bits per heavy atom. The minimum atomic E-state index is -0.418. The van der Waals surface area contributed by atoms with Gasteiger partial charge in [0.1, 0.15) is 11.6 Å². The van der Waals surface area contributed by atoms with Gasteiger partial charge in [-0.25, -0.2) is 0 Å². The van der Waals surface area contributed by atoms with Crippen molar-refractivity contribution in [3.05, 3.63) is 0 Å². The van der Waals surface area contributed by atoms with Crippen LogP contribution >= 0.6 is 0 Å². The summed E-state index contributed by atoms with van der Waals surface area (Å²) in [6.45, 7) is 3.46. The van der Waals surface area contributed by atoms with Crippen molar-refractivity contribution in [1.82, 2.24) is 0 Å². The third-order valence-electron chi connectivity index (χ3n) is 8.59. The molecule has 10 atom stereocenters. The summed E-state index contributed by atoms with van der Waals surface area (Å²) < 4.78 is 11.8. The molecule has 4 nitrogen and oxygen atoms in total. The van der Waals surface area contributed by atoms with Gasteiger partial charge in [-0.3, -0.25) is 9.59 Å². The molecular weight excluding hydrogens is 256 g/mol. The molecule has 8 rings (SSSR count). The van der Waals surface area contributed by atoms with Gasteiger partial charge in [0.2, 0.25) is 0 Å². The highest BCUT2D eigenvalue weighted by Gasteiger charge is 3.03. The van der Waals surface area contributed by atoms with E-state index in [1.807, 2.05) is 0 Å². The number of hydrogen-bond donors (Lipinski definition) is 0. The van der Waals surface area contributed by atoms with Crippen LogP contribution < -0.4 is 0 Å². The molecular formula is C16H16O4. The normalized spacial score (nSPS) is 77.9. The average Bonchev–Trinajstić information content (AvgIpc) is 3.17. The van der Waals surface area contributed by atoms with Gasteiger partial charge in [0.25, 0.3) is 0 Å². The van der Waals surface area contributed by atoms with Crippen LogP contribution in [0.4, 0.5) is 0 Å². The summed E-state index contributed by atoms with van der Waals surface area (Å²) in [4.78, 5) is 25.6. The Hall–Kier alpha value is -0.740. The fourth-order valence-corrected chi connectivity index (χ4v) is 9.03. The molecule has 0 aromatic carbocycles. The van der Waals surface area contributed by atoms with Crippen LogP contribution in [0.1, 0.15) is 13.8 Å². The minimum absolute atomic E-state index is 0.253. The maximum Gasteiger partial charge on any atom is 0.137 e. The predicted molar refractivity (Wildman–Crippen MR) is 64.5 cm³/mol. The molecule has 0 aromatic rings. The SMILES string of the molecule is CC(=O)C12[C@@H]3C4C5[C@H]1[C@H]1O[C@@H]1[C@H]5C2(C(C)=O)[C@H]4[C@H]1O[C@@H]13. The Morgan fingerprint density at radius 3 is 1.25 bits per heavy atom. The van der Waals surface area contributed by atoms with Crippen LogP contribution in [0.25, 0.3) is 0 Å². The average molecular weight is 272 g/mol. The molecule has 8 aliphatic rings. The molecule has 104 valence electrons. The fourth-order valence-electron chi connectivity index (χ4n) is 9.03. The molecule has 2 saturated heterocycles. The van der Waals surface area contributed by atoms with Crippen LogP contribution in [-0.2, 0) is 19.1 Å². The van der Waals surface area contributed by atoms with Gasteiger partial charge in [0, 0.05) is 23.7 Å². The highest BCUT2D eigenvalue weighted by atomic mass is 16.6. The lowest BCUT2D eigenvalue weighted by atomic mass is 9.47. The van der Waals surface area contributed by atoms with E-state index in [1.165, 1.54) is 0 Å². The lowest BCUT2D eigenvalue weighted by Gasteiger charge is -2.50. The Bertz CT molecular complexity index is 565. The van der Waals surface area contributed by atoms with Crippen molar-refractivity contribution in [2.24, 2.45) is 46.3 Å². The zero-order valence-electron chi connectivity index (χ0n) is 11.4. The second-order valence-electron chi connectivity index (χ2n) is 8.24. The van der Waals surface area contributed by atoms with E-state index in [2.05, 4.69) is 0 Å². The number of ether oxygens (including phenoxy) is 2. The topological polar surface area (TPSA) is 59.2 Å². The van der Waals surface area contributed by atoms with Crippen LogP contribution in [0.5, 0.6) is 0 Å². The largest absolute Gasteiger partial charge is 0.369 e. The van der Waals surface area contributed by atoms with Gasteiger partial charge in [0.05, 0.1) is 35.2 Å². The molecule has 2 unspecified atom stereocenters. The van der Waals surface area contributed by atoms with E-state index in [0.29, 0.717) is 35.5 Å². The van der Waals surface area contributed by atoms with Crippen molar-refractivity contribution < 1.29 is 19.1 Å². The summed E-state index contributed by atoms with van der Waals surface area (Å²) in [6, 6.07) is 0. The van der Waals surface area contributed by atoms with Crippen molar-refractivity contribution in [2.75, 3.05) is 0 Å². The van der Waals surface area contributed by atoms with Crippen LogP contribution in [0, 0.1) is 46.3 Å². The number of carbonyl (C=O) groups excluding carboxylic acids is 2. The fraction of sp³-hybridized carbons (Fsp3) is 0.875. The molecule has 2 heterocycles. The maximum atomic E-state index is 12.8. The smallest absolute Gasteiger partial charge is 0.137 e. The van der Waals surface area contributed by atoms with Crippen molar-refractivity contribution in [3.8, 4) is 0 Å². The van der Waals surface area contributed by atoms with Gasteiger partial charge in [-0.1, -0.05) is 0 Å². The Labute approximate surface area is 116 Å². The summed E-state index contributed by atoms with van der Waals surface area (Å²) in [5, 5.41) is 0. The van der Waals surface area contributed by atoms with Gasteiger partial charge in [-0.15, -0.1) is 0 Å². The molecule has 6 saturated carbocycles. The zero-order valence-corrected chi connectivity index (χ0v) is 11.4. The summed E-state index contributed by atoms with van der Waals surface area (Å²) >= 11 is 0. The molecule has 4 heteroatoms. The maximum absolute atomic E-state index is 12.8. The first-order valence-electron chi connectivity index (χ1n) is 7.92. The Morgan fingerprint density at radius 2 is 1.00 bits per heavy atom. The molecule has 20 heavy (non-hydrogen) atoms. The van der Waals surface area contributed by atoms with E-state index >= 15 is 0 Å². The van der Waals surface area contributed by atoms with E-state index < -0.39 is 10.8 Å². The van der Waals surface area contributed by atoms with E-state index in [4.69, 9.17) is 9.47 Å². The number of epoxide rings is 2. The number of Topliss-reactive ketones (excluding diaryl/α,β-unsaturated/α-hetero) is 2. The van der Waals surface area contributed by atoms with Gasteiger partial charge < -0.3 is 9.47 Å². The summed E-state index contributed by atoms with van der Waals surface area (Å²) in [7, 11) is 0. The van der Waals surface area contributed by atoms with Gasteiger partial charge in [-0.05, 0) is 25.7 Å². The van der Waals surface area contributed by atoms with Crippen molar-refractivity contribution in [3.63, 3.8) is 0 Å². The number of ketones is 2. The van der Waals surface area contributed by atoms with E-state index in [9.17, 15) is 9.59 Å². The first-order valence-corrected chi connectivity index (χ1v) is 7.92. The lowest BCUT2D eigenvalue weighted by Crippen LogP contribution is -2.61. The van der Waals surface area contributed by atoms with Gasteiger partial charge in [-0.2, -0.15) is 0 Å². The number of fused-ring (bicyclic) bond motifs is 2. The third kappa shape index (κ3) is 0.536. The summed E-state index contributed by atoms with van der Waals surface area (Å²) in [6.07, 6.45) is 1.13. The first kappa shape index (κ1) is 10.1. The molecule has 8 fully saturated rings. The summed E-state index contributed by atoms with van der Waals surface area (Å²) in [5.41, 5.74) is -0.836. The van der Waals surface area contributed by atoms with Crippen LogP contribution in [0.3, 0.4) is 0 Å². The van der Waals surface area contributed by atoms with Crippen molar-refractivity contribution in [1.29, 1.82) is 0 Å². The standard InChI is InChI=1S/C16H16O4/c1-3(17)15-7-5-6-8(15)12-14(20-12)10(6)16(15,4(2)18)9(5)13-11(7)19-13/h5-14H,1-2H3/t5?,6?,7-,8+,9-,10+,11-,12-,13-,14-,15?,16?/m1/s1. The molecule has 6 aliphatic carbocycles. The highest BCUT2D eigenvalue weighted by Crippen LogP contribution is 2.97. The number of rotatable bonds is 2. The second-order valence-corrected chi connectivity index (χ2v) is 8.24. The summed E-state index contributed by atoms with van der Waals surface area (Å²) in [5.74, 6) is 2.98. The van der Waals surface area contributed by atoms with Gasteiger partial charge >= 0.3 is 0 Å². The van der Waals surface area contributed by atoms with E-state index in [1.54, 1.807) is 13.8 Å². The van der Waals surface area contributed by atoms with Crippen molar-refractivity contribution >= 4 is 11.6 Å².